The van der Waals surface area contributed by atoms with E-state index in [-0.39, 0.29) is 25.0 Å². The van der Waals surface area contributed by atoms with Crippen molar-refractivity contribution in [1.82, 2.24) is 4.90 Å². The summed E-state index contributed by atoms with van der Waals surface area (Å²) in [4.78, 5) is 28.3. The molecule has 2 atom stereocenters. The molecular weight excluding hydrogens is 466 g/mol. The zero-order valence-corrected chi connectivity index (χ0v) is 21.1. The number of nitrogens with zero attached hydrogens (tertiary/aromatic N) is 1. The van der Waals surface area contributed by atoms with Gasteiger partial charge in [0.25, 0.3) is 0 Å². The quantitative estimate of drug-likeness (QED) is 0.419. The first kappa shape index (κ1) is 25.3. The first-order chi connectivity index (χ1) is 17.0. The van der Waals surface area contributed by atoms with Gasteiger partial charge in [-0.1, -0.05) is 42.8 Å². The summed E-state index contributed by atoms with van der Waals surface area (Å²) in [6, 6.07) is 14.8. The second-order valence-corrected chi connectivity index (χ2v) is 9.45. The molecule has 0 aromatic heterocycles. The van der Waals surface area contributed by atoms with Crippen LogP contribution >= 0.6 is 11.6 Å². The van der Waals surface area contributed by atoms with Crippen molar-refractivity contribution < 1.29 is 23.8 Å². The van der Waals surface area contributed by atoms with Crippen LogP contribution in [-0.4, -0.2) is 42.6 Å². The maximum atomic E-state index is 13.4. The molecule has 2 aliphatic heterocycles. The van der Waals surface area contributed by atoms with Gasteiger partial charge >= 0.3 is 5.97 Å². The third-order valence-electron chi connectivity index (χ3n) is 6.49. The summed E-state index contributed by atoms with van der Waals surface area (Å²) in [5.74, 6) is -0.0348. The SMILES string of the molecule is CCCOc1ccc(COC(=O)C2=C(C)N(C[C@H]3CCCO3)C(=O)C[C@H]2c2ccc(Cl)cc2)cc1. The average Bonchev–Trinajstić information content (AvgIpc) is 3.38. The Labute approximate surface area is 211 Å². The predicted molar refractivity (Wildman–Crippen MR) is 134 cm³/mol. The standard InChI is InChI=1S/C28H32ClNO5/c1-3-14-33-23-12-6-20(7-13-23)18-35-28(32)27-19(2)30(17-24-5-4-15-34-24)26(31)16-25(27)21-8-10-22(29)11-9-21/h6-13,24-25H,3-5,14-18H2,1-2H3/t24-,25+/m1/s1. The molecule has 0 bridgehead atoms. The number of rotatable bonds is 9. The number of esters is 1. The van der Waals surface area contributed by atoms with Crippen molar-refractivity contribution in [2.75, 3.05) is 19.8 Å². The van der Waals surface area contributed by atoms with Gasteiger partial charge in [0.05, 0.1) is 24.8 Å². The van der Waals surface area contributed by atoms with Crippen molar-refractivity contribution in [2.24, 2.45) is 0 Å². The van der Waals surface area contributed by atoms with Crippen LogP contribution in [0.5, 0.6) is 5.75 Å². The lowest BCUT2D eigenvalue weighted by atomic mass is 9.83. The van der Waals surface area contributed by atoms with Crippen molar-refractivity contribution in [3.05, 3.63) is 76.0 Å². The van der Waals surface area contributed by atoms with E-state index in [4.69, 9.17) is 25.8 Å². The zero-order chi connectivity index (χ0) is 24.8. The fourth-order valence-corrected chi connectivity index (χ4v) is 4.73. The number of carbonyl (C=O) groups is 2. The van der Waals surface area contributed by atoms with Gasteiger partial charge in [-0.05, 0) is 61.6 Å². The summed E-state index contributed by atoms with van der Waals surface area (Å²) in [5.41, 5.74) is 2.87. The van der Waals surface area contributed by atoms with Crippen molar-refractivity contribution in [3.63, 3.8) is 0 Å². The van der Waals surface area contributed by atoms with Crippen molar-refractivity contribution >= 4 is 23.5 Å². The van der Waals surface area contributed by atoms with Crippen LogP contribution < -0.4 is 4.74 Å². The summed E-state index contributed by atoms with van der Waals surface area (Å²) >= 11 is 6.08. The van der Waals surface area contributed by atoms with Crippen molar-refractivity contribution in [2.45, 2.75) is 58.2 Å². The molecule has 1 saturated heterocycles. The first-order valence-corrected chi connectivity index (χ1v) is 12.6. The van der Waals surface area contributed by atoms with Gasteiger partial charge in [0.15, 0.2) is 0 Å². The highest BCUT2D eigenvalue weighted by Gasteiger charge is 2.38. The Kier molecular flexibility index (Phi) is 8.47. The number of hydrogen-bond acceptors (Lipinski definition) is 5. The fourth-order valence-electron chi connectivity index (χ4n) is 4.60. The Morgan fingerprint density at radius 3 is 2.54 bits per heavy atom. The van der Waals surface area contributed by atoms with Gasteiger partial charge in [-0.25, -0.2) is 4.79 Å². The Morgan fingerprint density at radius 2 is 1.89 bits per heavy atom. The summed E-state index contributed by atoms with van der Waals surface area (Å²) in [5, 5.41) is 0.604. The van der Waals surface area contributed by atoms with Crippen molar-refractivity contribution in [3.8, 4) is 5.75 Å². The molecule has 7 heteroatoms. The van der Waals surface area contributed by atoms with E-state index >= 15 is 0 Å². The van der Waals surface area contributed by atoms with Gasteiger partial charge in [-0.3, -0.25) is 4.79 Å². The van der Waals surface area contributed by atoms with Crippen LogP contribution in [0, 0.1) is 0 Å². The predicted octanol–water partition coefficient (Wildman–Crippen LogP) is 5.64. The lowest BCUT2D eigenvalue weighted by Crippen LogP contribution is -2.42. The minimum atomic E-state index is -0.418. The van der Waals surface area contributed by atoms with Crippen molar-refractivity contribution in [1.29, 1.82) is 0 Å². The highest BCUT2D eigenvalue weighted by Crippen LogP contribution is 2.38. The molecule has 2 aromatic carbocycles. The van der Waals surface area contributed by atoms with Gasteiger partial charge in [0.2, 0.25) is 5.91 Å². The second-order valence-electron chi connectivity index (χ2n) is 9.02. The van der Waals surface area contributed by atoms with Gasteiger partial charge in [-0.15, -0.1) is 0 Å². The third-order valence-corrected chi connectivity index (χ3v) is 6.74. The van der Waals surface area contributed by atoms with Crippen LogP contribution in [0.2, 0.25) is 5.02 Å². The molecule has 4 rings (SSSR count). The number of halogens is 1. The molecule has 35 heavy (non-hydrogen) atoms. The summed E-state index contributed by atoms with van der Waals surface area (Å²) in [6.45, 7) is 5.84. The van der Waals surface area contributed by atoms with Crippen LogP contribution in [0.25, 0.3) is 0 Å². The Morgan fingerprint density at radius 1 is 1.14 bits per heavy atom. The van der Waals surface area contributed by atoms with E-state index in [1.54, 1.807) is 17.0 Å². The molecule has 1 fully saturated rings. The molecule has 6 nitrogen and oxygen atoms in total. The Hall–Kier alpha value is -2.83. The van der Waals surface area contributed by atoms with Crippen LogP contribution in [0.3, 0.4) is 0 Å². The topological polar surface area (TPSA) is 65.1 Å². The Bertz CT molecular complexity index is 1060. The van der Waals surface area contributed by atoms with Gasteiger partial charge < -0.3 is 19.1 Å². The molecule has 0 aliphatic carbocycles. The van der Waals surface area contributed by atoms with Crippen LogP contribution in [0.1, 0.15) is 56.6 Å². The smallest absolute Gasteiger partial charge is 0.336 e. The van der Waals surface area contributed by atoms with Gasteiger partial charge in [-0.2, -0.15) is 0 Å². The largest absolute Gasteiger partial charge is 0.494 e. The lowest BCUT2D eigenvalue weighted by molar-refractivity contribution is -0.141. The van der Waals surface area contributed by atoms with E-state index in [1.165, 1.54) is 0 Å². The van der Waals surface area contributed by atoms with Crippen LogP contribution in [0.4, 0.5) is 0 Å². The highest BCUT2D eigenvalue weighted by atomic mass is 35.5. The van der Waals surface area contributed by atoms with E-state index in [9.17, 15) is 9.59 Å². The number of carbonyl (C=O) groups excluding carboxylic acids is 2. The number of amides is 1. The van der Waals surface area contributed by atoms with E-state index in [2.05, 4.69) is 6.92 Å². The normalized spacial score (nSPS) is 20.3. The molecule has 2 aromatic rings. The lowest BCUT2D eigenvalue weighted by Gasteiger charge is -2.35. The van der Waals surface area contributed by atoms with Crippen LogP contribution in [-0.2, 0) is 25.7 Å². The summed E-state index contributed by atoms with van der Waals surface area (Å²) < 4.78 is 17.1. The zero-order valence-electron chi connectivity index (χ0n) is 20.3. The molecule has 0 spiro atoms. The van der Waals surface area contributed by atoms with Gasteiger partial charge in [0.1, 0.15) is 12.4 Å². The summed E-state index contributed by atoms with van der Waals surface area (Å²) in [6.07, 6.45) is 3.02. The van der Waals surface area contributed by atoms with E-state index in [1.807, 2.05) is 43.3 Å². The minimum Gasteiger partial charge on any atom is -0.494 e. The number of benzene rings is 2. The molecule has 1 amide bonds. The molecule has 0 unspecified atom stereocenters. The van der Waals surface area contributed by atoms with Gasteiger partial charge in [0, 0.05) is 29.7 Å². The fraction of sp³-hybridized carbons (Fsp3) is 0.429. The first-order valence-electron chi connectivity index (χ1n) is 12.2. The Balaban J connectivity index is 1.55. The minimum absolute atomic E-state index is 0.00769. The number of hydrogen-bond donors (Lipinski definition) is 0. The van der Waals surface area contributed by atoms with E-state index in [0.717, 1.165) is 36.1 Å². The molecule has 0 radical (unpaired) electrons. The molecule has 0 N–H and O–H groups in total. The highest BCUT2D eigenvalue weighted by molar-refractivity contribution is 6.30. The number of allylic oxidation sites excluding steroid dienone is 1. The maximum absolute atomic E-state index is 13.4. The average molecular weight is 498 g/mol. The van der Waals surface area contributed by atoms with E-state index in [0.29, 0.717) is 36.1 Å². The molecule has 2 heterocycles. The van der Waals surface area contributed by atoms with Crippen LogP contribution in [0.15, 0.2) is 59.8 Å². The number of ether oxygens (including phenoxy) is 3. The molecule has 0 saturated carbocycles. The van der Waals surface area contributed by atoms with E-state index < -0.39 is 11.9 Å². The third kappa shape index (κ3) is 6.24. The molecular formula is C28H32ClNO5. The summed E-state index contributed by atoms with van der Waals surface area (Å²) in [7, 11) is 0. The molecule has 186 valence electrons. The monoisotopic (exact) mass is 497 g/mol. The second kappa shape index (κ2) is 11.7. The maximum Gasteiger partial charge on any atom is 0.336 e. The molecule has 2 aliphatic rings.